The summed E-state index contributed by atoms with van der Waals surface area (Å²) >= 11 is 4.45. The average Bonchev–Trinajstić information content (AvgIpc) is 1.99. The van der Waals surface area contributed by atoms with Gasteiger partial charge in [-0.1, -0.05) is 12.2 Å². The molecule has 0 spiro atoms. The maximum Gasteiger partial charge on any atom is 0.243 e. The minimum Gasteiger partial charge on any atom is -0.392 e. The lowest BCUT2D eigenvalue weighted by Crippen LogP contribution is -2.34. The smallest absolute Gasteiger partial charge is 0.243 e. The van der Waals surface area contributed by atoms with Crippen molar-refractivity contribution in [1.82, 2.24) is 4.72 Å². The number of primary amides is 1. The Morgan fingerprint density at radius 3 is 2.47 bits per heavy atom. The van der Waals surface area contributed by atoms with Gasteiger partial charge < -0.3 is 16.2 Å². The predicted molar refractivity (Wildman–Crippen MR) is 58.6 cm³/mol. The van der Waals surface area contributed by atoms with Crippen LogP contribution in [-0.4, -0.2) is 44.8 Å². The maximum absolute atomic E-state index is 11.1. The molecule has 1 amide bonds. The second-order valence-electron chi connectivity index (χ2n) is 2.64. The van der Waals surface area contributed by atoms with Crippen LogP contribution in [0.2, 0.25) is 0 Å². The molecule has 15 heavy (non-hydrogen) atoms. The van der Waals surface area contributed by atoms with Gasteiger partial charge in [0.1, 0.15) is 12.4 Å². The van der Waals surface area contributed by atoms with Gasteiger partial charge in [0.15, 0.2) is 0 Å². The van der Waals surface area contributed by atoms with E-state index in [0.29, 0.717) is 0 Å². The summed E-state index contributed by atoms with van der Waals surface area (Å²) < 4.78 is 29.1. The van der Waals surface area contributed by atoms with Crippen LogP contribution in [0.5, 0.6) is 0 Å². The Kier molecular flexibility index (Phi) is 6.32. The van der Waals surface area contributed by atoms with E-state index in [2.05, 4.69) is 16.9 Å². The lowest BCUT2D eigenvalue weighted by atomic mass is 10.6. The summed E-state index contributed by atoms with van der Waals surface area (Å²) in [5, 5.41) is 0. The average molecular weight is 255 g/mol. The molecular weight excluding hydrogens is 242 g/mol. The number of hydrogen-bond acceptors (Lipinski definition) is 5. The maximum atomic E-state index is 11.1. The largest absolute Gasteiger partial charge is 0.392 e. The number of sulfonamides is 1. The molecule has 0 bridgehead atoms. The first kappa shape index (κ1) is 14.2. The lowest BCUT2D eigenvalue weighted by Gasteiger charge is -2.05. The van der Waals surface area contributed by atoms with Crippen molar-refractivity contribution in [1.29, 1.82) is 0 Å². The molecule has 0 saturated carbocycles. The number of thiocarbonyl (C=S) groups is 1. The van der Waals surface area contributed by atoms with Gasteiger partial charge in [-0.25, -0.2) is 13.1 Å². The van der Waals surface area contributed by atoms with Crippen LogP contribution < -0.4 is 16.2 Å². The molecule has 0 heterocycles. The highest BCUT2D eigenvalue weighted by Gasteiger charge is 2.10. The molecule has 9 heteroatoms. The number of amides is 1. The van der Waals surface area contributed by atoms with Crippen LogP contribution >= 0.6 is 12.2 Å². The lowest BCUT2D eigenvalue weighted by molar-refractivity contribution is -0.122. The Morgan fingerprint density at radius 1 is 1.40 bits per heavy atom. The number of carbonyl (C=O) groups is 1. The zero-order valence-corrected chi connectivity index (χ0v) is 9.57. The first-order valence-corrected chi connectivity index (χ1v) is 6.01. The fraction of sp³-hybridized carbons (Fsp3) is 0.667. The fourth-order valence-electron chi connectivity index (χ4n) is 0.680. The minimum absolute atomic E-state index is 0.0399. The molecule has 0 fully saturated rings. The van der Waals surface area contributed by atoms with Crippen molar-refractivity contribution in [2.75, 3.05) is 25.5 Å². The van der Waals surface area contributed by atoms with Crippen molar-refractivity contribution in [2.45, 2.75) is 0 Å². The number of nitrogens with one attached hydrogen (secondary N) is 1. The number of hydrogen-bond donors (Lipinski definition) is 3. The Bertz CT molecular complexity index is 327. The Balaban J connectivity index is 3.67. The van der Waals surface area contributed by atoms with Crippen LogP contribution in [0.1, 0.15) is 0 Å². The zero-order valence-electron chi connectivity index (χ0n) is 7.93. The second kappa shape index (κ2) is 6.67. The fourth-order valence-corrected chi connectivity index (χ4v) is 2.02. The van der Waals surface area contributed by atoms with E-state index in [-0.39, 0.29) is 24.7 Å². The van der Waals surface area contributed by atoms with Gasteiger partial charge in [0.2, 0.25) is 15.9 Å². The van der Waals surface area contributed by atoms with Gasteiger partial charge in [-0.3, -0.25) is 4.79 Å². The first-order chi connectivity index (χ1) is 6.83. The third-order valence-electron chi connectivity index (χ3n) is 1.14. The van der Waals surface area contributed by atoms with E-state index < -0.39 is 21.7 Å². The molecule has 0 aliphatic heterocycles. The van der Waals surface area contributed by atoms with E-state index in [4.69, 9.17) is 16.2 Å². The van der Waals surface area contributed by atoms with Gasteiger partial charge in [0.25, 0.3) is 0 Å². The first-order valence-electron chi connectivity index (χ1n) is 3.95. The molecule has 5 N–H and O–H groups in total. The summed E-state index contributed by atoms with van der Waals surface area (Å²) in [5.74, 6) is -1.01. The molecule has 0 atom stereocenters. The molecule has 0 aromatic carbocycles. The van der Waals surface area contributed by atoms with Crippen molar-refractivity contribution in [3.8, 4) is 0 Å². The molecule has 0 aliphatic carbocycles. The molecule has 0 aromatic heterocycles. The van der Waals surface area contributed by atoms with Crippen molar-refractivity contribution >= 4 is 33.1 Å². The third-order valence-corrected chi connectivity index (χ3v) is 2.81. The Labute approximate surface area is 93.2 Å². The van der Waals surface area contributed by atoms with E-state index >= 15 is 0 Å². The molecule has 88 valence electrons. The van der Waals surface area contributed by atoms with E-state index in [1.807, 2.05) is 0 Å². The number of nitrogens with two attached hydrogens (primary N) is 2. The van der Waals surface area contributed by atoms with E-state index in [1.165, 1.54) is 0 Å². The van der Waals surface area contributed by atoms with Crippen LogP contribution in [0.15, 0.2) is 0 Å². The highest BCUT2D eigenvalue weighted by molar-refractivity contribution is 7.92. The van der Waals surface area contributed by atoms with Crippen LogP contribution in [-0.2, 0) is 19.6 Å². The van der Waals surface area contributed by atoms with Gasteiger partial charge in [-0.15, -0.1) is 0 Å². The zero-order chi connectivity index (χ0) is 11.9. The van der Waals surface area contributed by atoms with E-state index in [1.54, 1.807) is 0 Å². The third kappa shape index (κ3) is 9.53. The number of rotatable bonds is 8. The summed E-state index contributed by atoms with van der Waals surface area (Å²) in [4.78, 5) is 10.1. The van der Waals surface area contributed by atoms with Gasteiger partial charge in [-0.05, 0) is 0 Å². The summed E-state index contributed by atoms with van der Waals surface area (Å²) in [6.07, 6.45) is 0. The van der Waals surface area contributed by atoms with Gasteiger partial charge in [0.05, 0.1) is 11.6 Å². The van der Waals surface area contributed by atoms with Crippen LogP contribution in [0.25, 0.3) is 0 Å². The quantitative estimate of drug-likeness (QED) is 0.331. The SMILES string of the molecule is NC(=O)COCCNS(=O)(=O)CC(N)=S. The highest BCUT2D eigenvalue weighted by Crippen LogP contribution is 1.84. The summed E-state index contributed by atoms with van der Waals surface area (Å²) in [6.45, 7) is -0.144. The van der Waals surface area contributed by atoms with Gasteiger partial charge in [0, 0.05) is 6.54 Å². The Hall–Kier alpha value is -0.770. The predicted octanol–water partition coefficient (Wildman–Crippen LogP) is -2.31. The van der Waals surface area contributed by atoms with E-state index in [9.17, 15) is 13.2 Å². The van der Waals surface area contributed by atoms with Crippen molar-refractivity contribution in [2.24, 2.45) is 11.5 Å². The van der Waals surface area contributed by atoms with Crippen molar-refractivity contribution < 1.29 is 17.9 Å². The molecule has 0 radical (unpaired) electrons. The molecule has 7 nitrogen and oxygen atoms in total. The molecule has 0 unspecified atom stereocenters. The monoisotopic (exact) mass is 255 g/mol. The molecule has 0 aliphatic rings. The van der Waals surface area contributed by atoms with Gasteiger partial charge in [-0.2, -0.15) is 0 Å². The topological polar surface area (TPSA) is 125 Å². The van der Waals surface area contributed by atoms with Crippen molar-refractivity contribution in [3.05, 3.63) is 0 Å². The highest BCUT2D eigenvalue weighted by atomic mass is 32.2. The van der Waals surface area contributed by atoms with Crippen molar-refractivity contribution in [3.63, 3.8) is 0 Å². The van der Waals surface area contributed by atoms with E-state index in [0.717, 1.165) is 0 Å². The second-order valence-corrected chi connectivity index (χ2v) is 4.97. The van der Waals surface area contributed by atoms with Gasteiger partial charge >= 0.3 is 0 Å². The molecular formula is C6H13N3O4S2. The summed E-state index contributed by atoms with van der Waals surface area (Å²) in [6, 6.07) is 0. The number of ether oxygens (including phenoxy) is 1. The molecule has 0 rings (SSSR count). The normalized spacial score (nSPS) is 11.2. The van der Waals surface area contributed by atoms with Crippen LogP contribution in [0.3, 0.4) is 0 Å². The Morgan fingerprint density at radius 2 is 2.00 bits per heavy atom. The van der Waals surface area contributed by atoms with Crippen LogP contribution in [0.4, 0.5) is 0 Å². The minimum atomic E-state index is -3.49. The summed E-state index contributed by atoms with van der Waals surface area (Å²) in [7, 11) is -3.49. The standard InChI is InChI=1S/C6H13N3O4S2/c7-5(10)3-13-2-1-9-15(11,12)4-6(8)14/h9H,1-4H2,(H2,7,10)(H2,8,14). The van der Waals surface area contributed by atoms with Crippen LogP contribution in [0, 0.1) is 0 Å². The molecule has 0 saturated heterocycles. The summed E-state index contributed by atoms with van der Waals surface area (Å²) in [5.41, 5.74) is 9.86. The number of carbonyl (C=O) groups excluding carboxylic acids is 1. The molecule has 0 aromatic rings.